The molecule has 6 rings (SSSR count). The van der Waals surface area contributed by atoms with E-state index in [4.69, 9.17) is 9.47 Å². The summed E-state index contributed by atoms with van der Waals surface area (Å²) in [5.41, 5.74) is 8.70. The second kappa shape index (κ2) is 14.1. The molecule has 0 radical (unpaired) electrons. The van der Waals surface area contributed by atoms with Crippen molar-refractivity contribution >= 4 is 11.3 Å². The van der Waals surface area contributed by atoms with Gasteiger partial charge in [0.25, 0.3) is 0 Å². The number of hydrogen-bond acceptors (Lipinski definition) is 3. The fourth-order valence-corrected chi connectivity index (χ4v) is 6.79. The van der Waals surface area contributed by atoms with Crippen molar-refractivity contribution in [1.29, 1.82) is 0 Å². The summed E-state index contributed by atoms with van der Waals surface area (Å²) in [5.74, 6) is 0.0608. The number of allylic oxidation sites excluding steroid dienone is 1. The van der Waals surface area contributed by atoms with Crippen LogP contribution in [0.15, 0.2) is 127 Å². The van der Waals surface area contributed by atoms with E-state index in [-0.39, 0.29) is 17.8 Å². The maximum absolute atomic E-state index is 13.4. The van der Waals surface area contributed by atoms with Gasteiger partial charge in [-0.2, -0.15) is 0 Å². The summed E-state index contributed by atoms with van der Waals surface area (Å²) in [7, 11) is 0. The quantitative estimate of drug-likeness (QED) is 0.143. The number of hydrogen-bond donors (Lipinski definition) is 0. The van der Waals surface area contributed by atoms with Crippen LogP contribution in [0, 0.1) is 12.7 Å². The van der Waals surface area contributed by atoms with Crippen LogP contribution in [0.4, 0.5) is 4.39 Å². The van der Waals surface area contributed by atoms with E-state index in [9.17, 15) is 4.39 Å². The van der Waals surface area contributed by atoms with Gasteiger partial charge in [-0.1, -0.05) is 97.1 Å². The van der Waals surface area contributed by atoms with E-state index in [1.165, 1.54) is 50.4 Å². The van der Waals surface area contributed by atoms with E-state index < -0.39 is 0 Å². The Morgan fingerprint density at radius 3 is 2.23 bits per heavy atom. The molecule has 0 saturated heterocycles. The lowest BCUT2D eigenvalue weighted by atomic mass is 9.83. The lowest BCUT2D eigenvalue weighted by molar-refractivity contribution is 0.0252. The highest BCUT2D eigenvalue weighted by molar-refractivity contribution is 7.15. The van der Waals surface area contributed by atoms with Crippen molar-refractivity contribution in [3.05, 3.63) is 165 Å². The third kappa shape index (κ3) is 7.97. The summed E-state index contributed by atoms with van der Waals surface area (Å²) in [4.78, 5) is 2.47. The van der Waals surface area contributed by atoms with Gasteiger partial charge in [-0.25, -0.2) is 4.39 Å². The molecular weight excluding hydrogens is 551 g/mol. The molecule has 0 amide bonds. The van der Waals surface area contributed by atoms with Crippen LogP contribution in [0.1, 0.15) is 51.5 Å². The van der Waals surface area contributed by atoms with Crippen molar-refractivity contribution in [3.63, 3.8) is 0 Å². The number of ether oxygens (including phenoxy) is 2. The van der Waals surface area contributed by atoms with Crippen LogP contribution in [0.2, 0.25) is 0 Å². The van der Waals surface area contributed by atoms with Crippen LogP contribution in [-0.2, 0) is 29.1 Å². The summed E-state index contributed by atoms with van der Waals surface area (Å²) < 4.78 is 26.1. The minimum absolute atomic E-state index is 0.130. The number of thiophene rings is 1. The molecule has 1 aliphatic rings. The highest BCUT2D eigenvalue weighted by Gasteiger charge is 2.25. The van der Waals surface area contributed by atoms with Crippen molar-refractivity contribution in [1.82, 2.24) is 0 Å². The lowest BCUT2D eigenvalue weighted by Crippen LogP contribution is -2.23. The topological polar surface area (TPSA) is 18.5 Å². The molecular formula is C39H37FO2S. The van der Waals surface area contributed by atoms with Gasteiger partial charge in [0.05, 0.1) is 25.9 Å². The van der Waals surface area contributed by atoms with E-state index in [1.54, 1.807) is 11.3 Å². The lowest BCUT2D eigenvalue weighted by Gasteiger charge is -2.30. The summed E-state index contributed by atoms with van der Waals surface area (Å²) in [5, 5.41) is 0. The molecule has 0 bridgehead atoms. The average molecular weight is 589 g/mol. The predicted molar refractivity (Wildman–Crippen MR) is 175 cm³/mol. The van der Waals surface area contributed by atoms with E-state index in [0.717, 1.165) is 29.7 Å². The first-order valence-corrected chi connectivity index (χ1v) is 15.8. The van der Waals surface area contributed by atoms with Gasteiger partial charge in [-0.3, -0.25) is 0 Å². The van der Waals surface area contributed by atoms with Crippen LogP contribution < -0.4 is 0 Å². The molecule has 0 N–H and O–H groups in total. The number of halogens is 1. The first kappa shape index (κ1) is 29.3. The predicted octanol–water partition coefficient (Wildman–Crippen LogP) is 10.1. The van der Waals surface area contributed by atoms with Gasteiger partial charge >= 0.3 is 0 Å². The molecule has 2 unspecified atom stereocenters. The van der Waals surface area contributed by atoms with Crippen molar-refractivity contribution in [2.45, 2.75) is 51.4 Å². The molecule has 1 aliphatic carbocycles. The fourth-order valence-electron chi connectivity index (χ4n) is 5.75. The molecule has 1 aromatic heterocycles. The normalized spacial score (nSPS) is 16.7. The van der Waals surface area contributed by atoms with Crippen LogP contribution in [0.3, 0.4) is 0 Å². The summed E-state index contributed by atoms with van der Waals surface area (Å²) in [6.45, 7) is 4.02. The summed E-state index contributed by atoms with van der Waals surface area (Å²) in [6.07, 6.45) is 5.26. The molecule has 5 aromatic rings. The Morgan fingerprint density at radius 2 is 1.49 bits per heavy atom. The smallest absolute Gasteiger partial charge is 0.123 e. The Bertz CT molecular complexity index is 1640. The Balaban J connectivity index is 1.18. The molecule has 2 atom stereocenters. The molecule has 0 aliphatic heterocycles. The zero-order valence-electron chi connectivity index (χ0n) is 24.5. The summed E-state index contributed by atoms with van der Waals surface area (Å²) >= 11 is 1.78. The maximum Gasteiger partial charge on any atom is 0.123 e. The fraction of sp³-hybridized carbons (Fsp3) is 0.231. The molecule has 2 nitrogen and oxygen atoms in total. The van der Waals surface area contributed by atoms with Gasteiger partial charge in [0.2, 0.25) is 0 Å². The second-order valence-electron chi connectivity index (χ2n) is 11.4. The van der Waals surface area contributed by atoms with E-state index in [1.807, 2.05) is 24.3 Å². The van der Waals surface area contributed by atoms with Gasteiger partial charge in [-0.05, 0) is 83.0 Å². The average Bonchev–Trinajstić information content (AvgIpc) is 3.51. The minimum atomic E-state index is -0.205. The number of aryl methyl sites for hydroxylation is 1. The number of rotatable bonds is 11. The zero-order valence-corrected chi connectivity index (χ0v) is 25.4. The Labute approximate surface area is 258 Å². The van der Waals surface area contributed by atoms with E-state index >= 15 is 0 Å². The number of benzene rings is 4. The largest absolute Gasteiger partial charge is 0.373 e. The minimum Gasteiger partial charge on any atom is -0.373 e. The Hall–Kier alpha value is -3.83. The van der Waals surface area contributed by atoms with Crippen LogP contribution in [0.5, 0.6) is 0 Å². The van der Waals surface area contributed by atoms with Crippen LogP contribution in [-0.4, -0.2) is 12.7 Å². The van der Waals surface area contributed by atoms with Gasteiger partial charge in [-0.15, -0.1) is 11.3 Å². The van der Waals surface area contributed by atoms with Gasteiger partial charge in [0, 0.05) is 22.1 Å². The van der Waals surface area contributed by atoms with Crippen molar-refractivity contribution in [2.24, 2.45) is 0 Å². The highest BCUT2D eigenvalue weighted by Crippen LogP contribution is 2.36. The van der Waals surface area contributed by atoms with E-state index in [0.29, 0.717) is 19.8 Å². The molecule has 1 heterocycles. The first-order valence-electron chi connectivity index (χ1n) is 15.0. The standard InChI is InChI=1S/C39H37FO2S/c1-28-12-13-33(22-34(28)24-38-18-19-39(43-38)32-14-16-36(40)17-15-32)35-20-31(26-41-25-29-8-4-2-5-9-29)21-37(23-35)42-27-30-10-6-3-7-11-30/h2-20,22,35,37H,21,23-27H2,1H3. The molecule has 0 spiro atoms. The molecule has 0 fully saturated rings. The van der Waals surface area contributed by atoms with Gasteiger partial charge in [0.1, 0.15) is 5.82 Å². The van der Waals surface area contributed by atoms with Crippen molar-refractivity contribution < 1.29 is 13.9 Å². The van der Waals surface area contributed by atoms with Crippen molar-refractivity contribution in [3.8, 4) is 10.4 Å². The molecule has 0 saturated carbocycles. The second-order valence-corrected chi connectivity index (χ2v) is 12.6. The Kier molecular flexibility index (Phi) is 9.59. The first-order chi connectivity index (χ1) is 21.1. The molecule has 218 valence electrons. The van der Waals surface area contributed by atoms with Gasteiger partial charge < -0.3 is 9.47 Å². The summed E-state index contributed by atoms with van der Waals surface area (Å²) in [6, 6.07) is 38.8. The third-order valence-corrected chi connectivity index (χ3v) is 9.26. The molecule has 4 heteroatoms. The molecule has 43 heavy (non-hydrogen) atoms. The molecule has 4 aromatic carbocycles. The third-order valence-electron chi connectivity index (χ3n) is 8.13. The van der Waals surface area contributed by atoms with Crippen LogP contribution >= 0.6 is 11.3 Å². The monoisotopic (exact) mass is 588 g/mol. The Morgan fingerprint density at radius 1 is 0.767 bits per heavy atom. The van der Waals surface area contributed by atoms with Crippen molar-refractivity contribution in [2.75, 3.05) is 6.61 Å². The van der Waals surface area contributed by atoms with Crippen LogP contribution in [0.25, 0.3) is 10.4 Å². The van der Waals surface area contributed by atoms with E-state index in [2.05, 4.69) is 91.9 Å². The zero-order chi connectivity index (χ0) is 29.4. The highest BCUT2D eigenvalue weighted by atomic mass is 32.1. The van der Waals surface area contributed by atoms with Gasteiger partial charge in [0.15, 0.2) is 0 Å². The maximum atomic E-state index is 13.4. The SMILES string of the molecule is Cc1ccc(C2C=C(COCc3ccccc3)CC(OCc3ccccc3)C2)cc1Cc1ccc(-c2ccc(F)cc2)s1.